The standard InChI is InChI=1S/C21H23N5OS3/c1-12(2)26-19(16-5-4-8-28-16)24-25-21(26)29-11-18(27)23-20-15(10-22)14-7-6-13(3)9-17(14)30-20/h4-5,8,12-13H,6-7,9,11H2,1-3H3,(H,23,27). The minimum atomic E-state index is -0.126. The highest BCUT2D eigenvalue weighted by Gasteiger charge is 2.25. The molecule has 9 heteroatoms. The van der Waals surface area contributed by atoms with Gasteiger partial charge in [0.15, 0.2) is 11.0 Å². The summed E-state index contributed by atoms with van der Waals surface area (Å²) < 4.78 is 2.07. The molecule has 0 saturated carbocycles. The Hall–Kier alpha value is -2.15. The molecule has 30 heavy (non-hydrogen) atoms. The van der Waals surface area contributed by atoms with Crippen molar-refractivity contribution in [3.63, 3.8) is 0 Å². The number of hydrogen-bond donors (Lipinski definition) is 1. The van der Waals surface area contributed by atoms with E-state index in [-0.39, 0.29) is 17.7 Å². The van der Waals surface area contributed by atoms with Gasteiger partial charge in [0.1, 0.15) is 11.1 Å². The van der Waals surface area contributed by atoms with Crippen LogP contribution in [0, 0.1) is 17.2 Å². The zero-order chi connectivity index (χ0) is 21.3. The van der Waals surface area contributed by atoms with Crippen LogP contribution in [0.5, 0.6) is 0 Å². The number of thioether (sulfide) groups is 1. The Morgan fingerprint density at radius 1 is 1.47 bits per heavy atom. The second-order valence-electron chi connectivity index (χ2n) is 7.75. The number of amides is 1. The Balaban J connectivity index is 1.47. The molecule has 0 saturated heterocycles. The van der Waals surface area contributed by atoms with E-state index in [4.69, 9.17) is 0 Å². The maximum absolute atomic E-state index is 12.7. The molecular formula is C21H23N5OS3. The topological polar surface area (TPSA) is 83.6 Å². The lowest BCUT2D eigenvalue weighted by Crippen LogP contribution is -2.15. The number of nitrogens with one attached hydrogen (secondary N) is 1. The summed E-state index contributed by atoms with van der Waals surface area (Å²) in [6.45, 7) is 6.40. The smallest absolute Gasteiger partial charge is 0.235 e. The van der Waals surface area contributed by atoms with Crippen LogP contribution in [0.4, 0.5) is 5.00 Å². The van der Waals surface area contributed by atoms with Crippen LogP contribution < -0.4 is 5.32 Å². The van der Waals surface area contributed by atoms with Crippen LogP contribution in [-0.4, -0.2) is 26.4 Å². The van der Waals surface area contributed by atoms with Crippen molar-refractivity contribution in [2.75, 3.05) is 11.1 Å². The third kappa shape index (κ3) is 4.17. The summed E-state index contributed by atoms with van der Waals surface area (Å²) in [6, 6.07) is 6.50. The maximum Gasteiger partial charge on any atom is 0.235 e. The van der Waals surface area contributed by atoms with Crippen LogP contribution in [0.15, 0.2) is 22.7 Å². The largest absolute Gasteiger partial charge is 0.316 e. The van der Waals surface area contributed by atoms with Crippen molar-refractivity contribution in [1.82, 2.24) is 14.8 Å². The lowest BCUT2D eigenvalue weighted by Gasteiger charge is -2.17. The normalized spacial score (nSPS) is 15.8. The lowest BCUT2D eigenvalue weighted by atomic mass is 9.89. The molecule has 0 spiro atoms. The van der Waals surface area contributed by atoms with Gasteiger partial charge in [-0.2, -0.15) is 5.26 Å². The van der Waals surface area contributed by atoms with E-state index >= 15 is 0 Å². The quantitative estimate of drug-likeness (QED) is 0.503. The van der Waals surface area contributed by atoms with Crippen molar-refractivity contribution in [3.05, 3.63) is 33.5 Å². The van der Waals surface area contributed by atoms with E-state index in [1.807, 2.05) is 17.5 Å². The van der Waals surface area contributed by atoms with Crippen molar-refractivity contribution in [1.29, 1.82) is 5.26 Å². The van der Waals surface area contributed by atoms with Crippen molar-refractivity contribution in [2.45, 2.75) is 51.2 Å². The highest BCUT2D eigenvalue weighted by Crippen LogP contribution is 2.39. The Morgan fingerprint density at radius 2 is 2.30 bits per heavy atom. The number of hydrogen-bond acceptors (Lipinski definition) is 7. The van der Waals surface area contributed by atoms with Crippen LogP contribution in [0.1, 0.15) is 49.2 Å². The van der Waals surface area contributed by atoms with Gasteiger partial charge in [0.25, 0.3) is 0 Å². The van der Waals surface area contributed by atoms with E-state index in [0.717, 1.165) is 40.7 Å². The van der Waals surface area contributed by atoms with E-state index in [1.54, 1.807) is 22.7 Å². The molecule has 0 aliphatic heterocycles. The fourth-order valence-electron chi connectivity index (χ4n) is 3.66. The zero-order valence-corrected chi connectivity index (χ0v) is 19.6. The molecule has 0 bridgehead atoms. The van der Waals surface area contributed by atoms with Gasteiger partial charge in [0.2, 0.25) is 5.91 Å². The molecule has 1 aliphatic carbocycles. The van der Waals surface area contributed by atoms with E-state index in [1.165, 1.54) is 16.6 Å². The third-order valence-electron chi connectivity index (χ3n) is 5.13. The Kier molecular flexibility index (Phi) is 6.27. The first kappa shape index (κ1) is 21.1. The molecule has 1 atom stereocenters. The van der Waals surface area contributed by atoms with E-state index in [2.05, 4.69) is 46.9 Å². The molecule has 1 amide bonds. The number of aromatic nitrogens is 3. The Bertz CT molecular complexity index is 1090. The molecule has 1 aliphatic rings. The number of nitrogens with zero attached hydrogens (tertiary/aromatic N) is 4. The Labute approximate surface area is 188 Å². The zero-order valence-electron chi connectivity index (χ0n) is 17.1. The molecule has 3 aromatic rings. The van der Waals surface area contributed by atoms with Gasteiger partial charge in [0.05, 0.1) is 16.2 Å². The number of anilines is 1. The second-order valence-corrected chi connectivity index (χ2v) is 10.7. The van der Waals surface area contributed by atoms with Crippen LogP contribution in [-0.2, 0) is 17.6 Å². The van der Waals surface area contributed by atoms with E-state index < -0.39 is 0 Å². The first-order valence-corrected chi connectivity index (χ1v) is 12.6. The van der Waals surface area contributed by atoms with Crippen LogP contribution in [0.3, 0.4) is 0 Å². The summed E-state index contributed by atoms with van der Waals surface area (Å²) in [5, 5.41) is 24.7. The van der Waals surface area contributed by atoms with Gasteiger partial charge in [0, 0.05) is 10.9 Å². The van der Waals surface area contributed by atoms with Gasteiger partial charge >= 0.3 is 0 Å². The van der Waals surface area contributed by atoms with Crippen LogP contribution >= 0.6 is 34.4 Å². The highest BCUT2D eigenvalue weighted by molar-refractivity contribution is 7.99. The molecule has 156 valence electrons. The average Bonchev–Trinajstić information content (AvgIpc) is 3.43. The predicted octanol–water partition coefficient (Wildman–Crippen LogP) is 5.38. The number of fused-ring (bicyclic) bond motifs is 1. The van der Waals surface area contributed by atoms with Crippen molar-refractivity contribution < 1.29 is 4.79 Å². The van der Waals surface area contributed by atoms with Crippen LogP contribution in [0.25, 0.3) is 10.7 Å². The highest BCUT2D eigenvalue weighted by atomic mass is 32.2. The molecule has 3 aromatic heterocycles. The number of nitriles is 1. The number of rotatable bonds is 6. The summed E-state index contributed by atoms with van der Waals surface area (Å²) in [4.78, 5) is 15.0. The SMILES string of the molecule is CC1CCc2c(sc(NC(=O)CSc3nnc(-c4cccs4)n3C(C)C)c2C#N)C1. The van der Waals surface area contributed by atoms with Crippen LogP contribution in [0.2, 0.25) is 0 Å². The average molecular weight is 458 g/mol. The summed E-state index contributed by atoms with van der Waals surface area (Å²) in [5.41, 5.74) is 1.77. The van der Waals surface area contributed by atoms with Crippen molar-refractivity contribution in [2.24, 2.45) is 5.92 Å². The summed E-state index contributed by atoms with van der Waals surface area (Å²) in [7, 11) is 0. The van der Waals surface area contributed by atoms with Gasteiger partial charge in [-0.1, -0.05) is 24.8 Å². The van der Waals surface area contributed by atoms with Crippen molar-refractivity contribution in [3.8, 4) is 16.8 Å². The predicted molar refractivity (Wildman–Crippen MR) is 123 cm³/mol. The van der Waals surface area contributed by atoms with Gasteiger partial charge in [-0.05, 0) is 56.0 Å². The van der Waals surface area contributed by atoms with Crippen molar-refractivity contribution >= 4 is 45.3 Å². The van der Waals surface area contributed by atoms with Gasteiger partial charge in [-0.3, -0.25) is 9.36 Å². The molecule has 1 unspecified atom stereocenters. The van der Waals surface area contributed by atoms with Gasteiger partial charge < -0.3 is 5.32 Å². The number of thiophene rings is 2. The van der Waals surface area contributed by atoms with E-state index in [0.29, 0.717) is 16.5 Å². The lowest BCUT2D eigenvalue weighted by molar-refractivity contribution is -0.113. The maximum atomic E-state index is 12.7. The van der Waals surface area contributed by atoms with Gasteiger partial charge in [-0.25, -0.2) is 0 Å². The Morgan fingerprint density at radius 3 is 3.00 bits per heavy atom. The summed E-state index contributed by atoms with van der Waals surface area (Å²) >= 11 is 4.55. The molecular weight excluding hydrogens is 434 g/mol. The molecule has 1 N–H and O–H groups in total. The van der Waals surface area contributed by atoms with E-state index in [9.17, 15) is 10.1 Å². The second kappa shape index (κ2) is 8.92. The summed E-state index contributed by atoms with van der Waals surface area (Å²) in [6.07, 6.45) is 3.00. The fraction of sp³-hybridized carbons (Fsp3) is 0.429. The molecule has 4 rings (SSSR count). The summed E-state index contributed by atoms with van der Waals surface area (Å²) in [5.74, 6) is 1.55. The first-order valence-electron chi connectivity index (χ1n) is 9.94. The first-order chi connectivity index (χ1) is 14.5. The third-order valence-corrected chi connectivity index (χ3v) is 8.11. The fourth-order valence-corrected chi connectivity index (χ4v) is 6.61. The minimum absolute atomic E-state index is 0.126. The molecule has 0 radical (unpaired) electrons. The van der Waals surface area contributed by atoms with Gasteiger partial charge in [-0.15, -0.1) is 32.9 Å². The number of carbonyl (C=O) groups excluding carboxylic acids is 1. The molecule has 3 heterocycles. The monoisotopic (exact) mass is 457 g/mol. The molecule has 0 fully saturated rings. The number of carbonyl (C=O) groups is 1. The minimum Gasteiger partial charge on any atom is -0.316 e. The molecule has 6 nitrogen and oxygen atoms in total. The molecule has 0 aromatic carbocycles.